The third-order valence-corrected chi connectivity index (χ3v) is 2.34. The highest BCUT2D eigenvalue weighted by atomic mass is 35.5. The highest BCUT2D eigenvalue weighted by Gasteiger charge is 2.10. The van der Waals surface area contributed by atoms with Gasteiger partial charge in [0.05, 0.1) is 10.0 Å². The lowest BCUT2D eigenvalue weighted by atomic mass is 10.3. The summed E-state index contributed by atoms with van der Waals surface area (Å²) in [6.07, 6.45) is -0.688. The fourth-order valence-corrected chi connectivity index (χ4v) is 1.10. The molecule has 0 fully saturated rings. The van der Waals surface area contributed by atoms with Crippen molar-refractivity contribution in [3.63, 3.8) is 0 Å². The van der Waals surface area contributed by atoms with E-state index in [1.54, 1.807) is 19.1 Å². The average molecular weight is 234 g/mol. The van der Waals surface area contributed by atoms with Crippen molar-refractivity contribution in [3.8, 4) is 5.75 Å². The first-order valence-electron chi connectivity index (χ1n) is 3.91. The molecule has 1 aromatic carbocycles. The first-order chi connectivity index (χ1) is 6.50. The van der Waals surface area contributed by atoms with Crippen LogP contribution in [-0.2, 0) is 4.79 Å². The number of primary amides is 1. The van der Waals surface area contributed by atoms with Crippen molar-refractivity contribution >= 4 is 29.1 Å². The molecule has 0 aliphatic heterocycles. The Kier molecular flexibility index (Phi) is 3.61. The summed E-state index contributed by atoms with van der Waals surface area (Å²) in [4.78, 5) is 10.7. The smallest absolute Gasteiger partial charge is 0.258 e. The van der Waals surface area contributed by atoms with Crippen molar-refractivity contribution in [2.24, 2.45) is 5.73 Å². The van der Waals surface area contributed by atoms with Crippen LogP contribution in [0.15, 0.2) is 18.2 Å². The second kappa shape index (κ2) is 4.53. The van der Waals surface area contributed by atoms with Gasteiger partial charge in [0.1, 0.15) is 5.75 Å². The molecule has 3 nitrogen and oxygen atoms in total. The van der Waals surface area contributed by atoms with Gasteiger partial charge in [-0.3, -0.25) is 4.79 Å². The van der Waals surface area contributed by atoms with E-state index in [4.69, 9.17) is 33.7 Å². The Morgan fingerprint density at radius 2 is 2.07 bits per heavy atom. The van der Waals surface area contributed by atoms with Crippen LogP contribution in [-0.4, -0.2) is 12.0 Å². The molecule has 0 bridgehead atoms. The molecule has 14 heavy (non-hydrogen) atoms. The maximum absolute atomic E-state index is 10.7. The molecule has 0 aliphatic rings. The number of hydrogen-bond donors (Lipinski definition) is 1. The quantitative estimate of drug-likeness (QED) is 0.871. The van der Waals surface area contributed by atoms with Crippen LogP contribution in [0.1, 0.15) is 6.92 Å². The lowest BCUT2D eigenvalue weighted by Crippen LogP contribution is -2.30. The topological polar surface area (TPSA) is 52.3 Å². The first kappa shape index (κ1) is 11.1. The van der Waals surface area contributed by atoms with E-state index in [0.717, 1.165) is 0 Å². The second-order valence-electron chi connectivity index (χ2n) is 2.74. The molecule has 0 aliphatic carbocycles. The zero-order valence-electron chi connectivity index (χ0n) is 7.46. The Hall–Kier alpha value is -0.930. The van der Waals surface area contributed by atoms with E-state index in [2.05, 4.69) is 0 Å². The molecule has 76 valence electrons. The van der Waals surface area contributed by atoms with Crippen molar-refractivity contribution in [1.29, 1.82) is 0 Å². The highest BCUT2D eigenvalue weighted by molar-refractivity contribution is 6.42. The minimum absolute atomic E-state index is 0.376. The maximum Gasteiger partial charge on any atom is 0.258 e. The SMILES string of the molecule is CC(Oc1ccc(Cl)c(Cl)c1)C(N)=O. The molecule has 1 unspecified atom stereocenters. The monoisotopic (exact) mass is 233 g/mol. The minimum Gasteiger partial charge on any atom is -0.481 e. The summed E-state index contributed by atoms with van der Waals surface area (Å²) >= 11 is 11.4. The molecule has 2 N–H and O–H groups in total. The normalized spacial score (nSPS) is 12.2. The van der Waals surface area contributed by atoms with E-state index in [0.29, 0.717) is 15.8 Å². The van der Waals surface area contributed by atoms with Gasteiger partial charge < -0.3 is 10.5 Å². The first-order valence-corrected chi connectivity index (χ1v) is 4.67. The Morgan fingerprint density at radius 3 is 2.57 bits per heavy atom. The van der Waals surface area contributed by atoms with E-state index in [-0.39, 0.29) is 0 Å². The van der Waals surface area contributed by atoms with Gasteiger partial charge in [0.15, 0.2) is 6.10 Å². The molecule has 0 radical (unpaired) electrons. The third-order valence-electron chi connectivity index (χ3n) is 1.60. The van der Waals surface area contributed by atoms with Crippen molar-refractivity contribution in [2.75, 3.05) is 0 Å². The van der Waals surface area contributed by atoms with Gasteiger partial charge in [0.25, 0.3) is 5.91 Å². The fourth-order valence-electron chi connectivity index (χ4n) is 0.812. The summed E-state index contributed by atoms with van der Waals surface area (Å²) in [5.74, 6) is -0.0678. The minimum atomic E-state index is -0.688. The van der Waals surface area contributed by atoms with Gasteiger partial charge in [-0.2, -0.15) is 0 Å². The molecule has 0 saturated carbocycles. The number of benzene rings is 1. The van der Waals surface area contributed by atoms with E-state index >= 15 is 0 Å². The van der Waals surface area contributed by atoms with Crippen molar-refractivity contribution in [1.82, 2.24) is 0 Å². The van der Waals surface area contributed by atoms with Crippen molar-refractivity contribution in [2.45, 2.75) is 13.0 Å². The molecule has 1 rings (SSSR count). The largest absolute Gasteiger partial charge is 0.481 e. The summed E-state index contributed by atoms with van der Waals surface area (Å²) < 4.78 is 5.19. The van der Waals surface area contributed by atoms with E-state index in [9.17, 15) is 4.79 Å². The number of carbonyl (C=O) groups excluding carboxylic acids is 1. The number of ether oxygens (including phenoxy) is 1. The van der Waals surface area contributed by atoms with Gasteiger partial charge in [-0.1, -0.05) is 23.2 Å². The number of hydrogen-bond acceptors (Lipinski definition) is 2. The lowest BCUT2D eigenvalue weighted by molar-refractivity contribution is -0.123. The van der Waals surface area contributed by atoms with Crippen LogP contribution in [0.4, 0.5) is 0 Å². The maximum atomic E-state index is 10.7. The van der Waals surface area contributed by atoms with E-state index in [1.807, 2.05) is 0 Å². The van der Waals surface area contributed by atoms with Crippen LogP contribution < -0.4 is 10.5 Å². The Morgan fingerprint density at radius 1 is 1.43 bits per heavy atom. The number of rotatable bonds is 3. The predicted octanol–water partition coefficient (Wildman–Crippen LogP) is 2.25. The summed E-state index contributed by atoms with van der Waals surface area (Å²) in [6.45, 7) is 1.56. The predicted molar refractivity (Wildman–Crippen MR) is 55.7 cm³/mol. The van der Waals surface area contributed by atoms with E-state index in [1.165, 1.54) is 6.07 Å². The molecule has 0 saturated heterocycles. The van der Waals surface area contributed by atoms with Crippen molar-refractivity contribution < 1.29 is 9.53 Å². The van der Waals surface area contributed by atoms with Crippen LogP contribution in [0.3, 0.4) is 0 Å². The van der Waals surface area contributed by atoms with Gasteiger partial charge in [-0.15, -0.1) is 0 Å². The van der Waals surface area contributed by atoms with Crippen LogP contribution >= 0.6 is 23.2 Å². The van der Waals surface area contributed by atoms with Crippen LogP contribution in [0.2, 0.25) is 10.0 Å². The number of nitrogens with two attached hydrogens (primary N) is 1. The summed E-state index contributed by atoms with van der Waals surface area (Å²) in [5.41, 5.74) is 5.03. The zero-order valence-corrected chi connectivity index (χ0v) is 8.97. The van der Waals surface area contributed by atoms with Crippen LogP contribution in [0.5, 0.6) is 5.75 Å². The Balaban J connectivity index is 2.78. The third kappa shape index (κ3) is 2.79. The van der Waals surface area contributed by atoms with E-state index < -0.39 is 12.0 Å². The highest BCUT2D eigenvalue weighted by Crippen LogP contribution is 2.26. The van der Waals surface area contributed by atoms with Gasteiger partial charge >= 0.3 is 0 Å². The number of carbonyl (C=O) groups is 1. The molecule has 0 spiro atoms. The molecule has 1 aromatic rings. The molecule has 1 atom stereocenters. The van der Waals surface area contributed by atoms with Gasteiger partial charge in [-0.25, -0.2) is 0 Å². The van der Waals surface area contributed by atoms with Gasteiger partial charge in [0, 0.05) is 6.07 Å². The summed E-state index contributed by atoms with van der Waals surface area (Å²) in [7, 11) is 0. The van der Waals surface area contributed by atoms with Gasteiger partial charge in [-0.05, 0) is 19.1 Å². The lowest BCUT2D eigenvalue weighted by Gasteiger charge is -2.11. The second-order valence-corrected chi connectivity index (χ2v) is 3.55. The van der Waals surface area contributed by atoms with Crippen LogP contribution in [0, 0.1) is 0 Å². The summed E-state index contributed by atoms with van der Waals surface area (Å²) in [6, 6.07) is 4.74. The number of halogens is 2. The number of amides is 1. The fraction of sp³-hybridized carbons (Fsp3) is 0.222. The van der Waals surface area contributed by atoms with Crippen LogP contribution in [0.25, 0.3) is 0 Å². The Bertz CT molecular complexity index is 355. The molecule has 0 heterocycles. The molecule has 1 amide bonds. The average Bonchev–Trinajstić information content (AvgIpc) is 2.11. The zero-order chi connectivity index (χ0) is 10.7. The standard InChI is InChI=1S/C9H9Cl2NO2/c1-5(9(12)13)14-6-2-3-7(10)8(11)4-6/h2-5H,1H3,(H2,12,13). The molecule has 0 aromatic heterocycles. The summed E-state index contributed by atoms with van der Waals surface area (Å²) in [5, 5.41) is 0.812. The molecular weight excluding hydrogens is 225 g/mol. The molecular formula is C9H9Cl2NO2. The Labute approximate surface area is 91.7 Å². The van der Waals surface area contributed by atoms with Crippen molar-refractivity contribution in [3.05, 3.63) is 28.2 Å². The van der Waals surface area contributed by atoms with Gasteiger partial charge in [0.2, 0.25) is 0 Å². The molecule has 5 heteroatoms.